The number of methoxy groups -OCH3 is 1. The Hall–Kier alpha value is -1.27. The fourth-order valence-corrected chi connectivity index (χ4v) is 1.86. The summed E-state index contributed by atoms with van der Waals surface area (Å²) in [5, 5.41) is 18.3. The summed E-state index contributed by atoms with van der Waals surface area (Å²) >= 11 is 3.23. The summed E-state index contributed by atoms with van der Waals surface area (Å²) in [6.07, 6.45) is -1.63. The van der Waals surface area contributed by atoms with Crippen LogP contribution in [0.3, 0.4) is 0 Å². The van der Waals surface area contributed by atoms with Crippen molar-refractivity contribution in [3.63, 3.8) is 0 Å². The van der Waals surface area contributed by atoms with E-state index >= 15 is 0 Å². The van der Waals surface area contributed by atoms with Crippen molar-refractivity contribution in [2.75, 3.05) is 13.7 Å². The third kappa shape index (κ3) is 3.10. The molecule has 5 nitrogen and oxygen atoms in total. The second-order valence-electron chi connectivity index (χ2n) is 3.20. The highest BCUT2D eigenvalue weighted by molar-refractivity contribution is 9.10. The third-order valence-corrected chi connectivity index (χ3v) is 2.73. The summed E-state index contributed by atoms with van der Waals surface area (Å²) in [6, 6.07) is 3.01. The average Bonchev–Trinajstić information content (AvgIpc) is 2.30. The predicted molar refractivity (Wildman–Crippen MR) is 64.5 cm³/mol. The number of halogens is 1. The Morgan fingerprint density at radius 2 is 2.12 bits per heavy atom. The quantitative estimate of drug-likeness (QED) is 0.870. The van der Waals surface area contributed by atoms with Crippen LogP contribution < -0.4 is 9.47 Å². The molecule has 0 aliphatic carbocycles. The van der Waals surface area contributed by atoms with Gasteiger partial charge in [-0.3, -0.25) is 0 Å². The molecule has 0 fully saturated rings. The van der Waals surface area contributed by atoms with E-state index in [1.54, 1.807) is 6.92 Å². The molecule has 0 saturated heterocycles. The number of carboxylic acids is 1. The first-order valence-corrected chi connectivity index (χ1v) is 5.71. The van der Waals surface area contributed by atoms with Crippen LogP contribution in [0, 0.1) is 0 Å². The van der Waals surface area contributed by atoms with Gasteiger partial charge in [0.1, 0.15) is 11.5 Å². The Morgan fingerprint density at radius 3 is 2.59 bits per heavy atom. The second-order valence-corrected chi connectivity index (χ2v) is 4.05. The maximum Gasteiger partial charge on any atom is 0.337 e. The van der Waals surface area contributed by atoms with Crippen molar-refractivity contribution in [2.24, 2.45) is 0 Å². The topological polar surface area (TPSA) is 76.0 Å². The molecule has 6 heteroatoms. The van der Waals surface area contributed by atoms with Gasteiger partial charge in [0.2, 0.25) is 0 Å². The molecule has 0 heterocycles. The van der Waals surface area contributed by atoms with Gasteiger partial charge < -0.3 is 19.7 Å². The summed E-state index contributed by atoms with van der Waals surface area (Å²) in [7, 11) is 1.49. The smallest absolute Gasteiger partial charge is 0.337 e. The highest BCUT2D eigenvalue weighted by Crippen LogP contribution is 2.36. The lowest BCUT2D eigenvalue weighted by molar-refractivity contribution is -0.147. The number of aliphatic hydroxyl groups excluding tert-OH is 1. The molecule has 1 aromatic carbocycles. The predicted octanol–water partition coefficient (Wildman–Crippen LogP) is 1.97. The summed E-state index contributed by atoms with van der Waals surface area (Å²) in [5.41, 5.74) is 0.187. The van der Waals surface area contributed by atoms with Crippen LogP contribution in [0.25, 0.3) is 0 Å². The number of hydrogen-bond acceptors (Lipinski definition) is 4. The number of carboxylic acid groups (broad SMARTS) is 1. The van der Waals surface area contributed by atoms with E-state index in [2.05, 4.69) is 15.9 Å². The van der Waals surface area contributed by atoms with Gasteiger partial charge in [0.15, 0.2) is 6.10 Å². The van der Waals surface area contributed by atoms with E-state index < -0.39 is 12.1 Å². The lowest BCUT2D eigenvalue weighted by atomic mass is 10.1. The molecule has 0 aliphatic heterocycles. The number of hydrogen-bond donors (Lipinski definition) is 2. The van der Waals surface area contributed by atoms with Crippen molar-refractivity contribution >= 4 is 21.9 Å². The fourth-order valence-electron chi connectivity index (χ4n) is 1.33. The van der Waals surface area contributed by atoms with Crippen molar-refractivity contribution in [3.8, 4) is 11.5 Å². The number of benzene rings is 1. The molecule has 0 aliphatic rings. The number of carbonyl (C=O) groups is 1. The summed E-state index contributed by atoms with van der Waals surface area (Å²) in [4.78, 5) is 10.8. The minimum atomic E-state index is -1.63. The van der Waals surface area contributed by atoms with Crippen molar-refractivity contribution in [3.05, 3.63) is 22.2 Å². The molecule has 0 radical (unpaired) electrons. The van der Waals surface area contributed by atoms with E-state index in [9.17, 15) is 9.90 Å². The van der Waals surface area contributed by atoms with Crippen LogP contribution in [0.5, 0.6) is 11.5 Å². The van der Waals surface area contributed by atoms with E-state index in [-0.39, 0.29) is 5.56 Å². The van der Waals surface area contributed by atoms with E-state index in [1.807, 2.05) is 0 Å². The average molecular weight is 305 g/mol. The number of aliphatic hydroxyl groups is 1. The molecular weight excluding hydrogens is 292 g/mol. The molecule has 1 aromatic rings. The van der Waals surface area contributed by atoms with Gasteiger partial charge in [-0.15, -0.1) is 0 Å². The first kappa shape index (κ1) is 13.8. The van der Waals surface area contributed by atoms with E-state index in [1.165, 1.54) is 19.2 Å². The molecule has 0 amide bonds. The van der Waals surface area contributed by atoms with Gasteiger partial charge >= 0.3 is 5.97 Å². The zero-order chi connectivity index (χ0) is 13.0. The SMILES string of the molecule is CCOc1cc(OC)c(Br)cc1C(O)C(=O)O. The Labute approximate surface area is 107 Å². The monoisotopic (exact) mass is 304 g/mol. The second kappa shape index (κ2) is 5.88. The summed E-state index contributed by atoms with van der Waals surface area (Å²) < 4.78 is 10.9. The van der Waals surface area contributed by atoms with Crippen molar-refractivity contribution in [1.29, 1.82) is 0 Å². The highest BCUT2D eigenvalue weighted by Gasteiger charge is 2.22. The van der Waals surface area contributed by atoms with Gasteiger partial charge in [-0.25, -0.2) is 4.79 Å². The fraction of sp³-hybridized carbons (Fsp3) is 0.364. The van der Waals surface area contributed by atoms with Gasteiger partial charge in [0.05, 0.1) is 18.2 Å². The van der Waals surface area contributed by atoms with Crippen LogP contribution in [0.1, 0.15) is 18.6 Å². The first-order chi connectivity index (χ1) is 8.01. The molecule has 2 N–H and O–H groups in total. The largest absolute Gasteiger partial charge is 0.495 e. The van der Waals surface area contributed by atoms with Gasteiger partial charge in [-0.1, -0.05) is 0 Å². The number of rotatable bonds is 5. The van der Waals surface area contributed by atoms with Crippen molar-refractivity contribution in [1.82, 2.24) is 0 Å². The molecule has 0 aromatic heterocycles. The van der Waals surface area contributed by atoms with Crippen LogP contribution in [0.4, 0.5) is 0 Å². The Morgan fingerprint density at radius 1 is 1.47 bits per heavy atom. The van der Waals surface area contributed by atoms with Gasteiger partial charge in [0, 0.05) is 11.6 Å². The van der Waals surface area contributed by atoms with E-state index in [0.29, 0.717) is 22.6 Å². The van der Waals surface area contributed by atoms with Gasteiger partial charge in [-0.2, -0.15) is 0 Å². The van der Waals surface area contributed by atoms with Crippen molar-refractivity contribution < 1.29 is 24.5 Å². The van der Waals surface area contributed by atoms with Crippen LogP contribution in [-0.2, 0) is 4.79 Å². The molecule has 0 spiro atoms. The molecule has 0 bridgehead atoms. The standard InChI is InChI=1S/C11H13BrO5/c1-3-17-8-5-9(16-2)7(12)4-6(8)10(13)11(14)15/h4-5,10,13H,3H2,1-2H3,(H,14,15). The maximum absolute atomic E-state index is 10.8. The third-order valence-electron chi connectivity index (χ3n) is 2.11. The Bertz CT molecular complexity index is 419. The molecule has 94 valence electrons. The number of aliphatic carboxylic acids is 1. The lowest BCUT2D eigenvalue weighted by Gasteiger charge is -2.15. The zero-order valence-electron chi connectivity index (χ0n) is 9.44. The minimum Gasteiger partial charge on any atom is -0.495 e. The van der Waals surface area contributed by atoms with Crippen LogP contribution in [0.15, 0.2) is 16.6 Å². The molecule has 17 heavy (non-hydrogen) atoms. The van der Waals surface area contributed by atoms with E-state index in [0.717, 1.165) is 0 Å². The first-order valence-electron chi connectivity index (χ1n) is 4.92. The molecule has 0 saturated carbocycles. The van der Waals surface area contributed by atoms with Gasteiger partial charge in [-0.05, 0) is 28.9 Å². The van der Waals surface area contributed by atoms with Crippen LogP contribution >= 0.6 is 15.9 Å². The van der Waals surface area contributed by atoms with Crippen LogP contribution in [0.2, 0.25) is 0 Å². The Balaban J connectivity index is 3.26. The van der Waals surface area contributed by atoms with E-state index in [4.69, 9.17) is 14.6 Å². The zero-order valence-corrected chi connectivity index (χ0v) is 11.0. The highest BCUT2D eigenvalue weighted by atomic mass is 79.9. The molecular formula is C11H13BrO5. The van der Waals surface area contributed by atoms with Crippen molar-refractivity contribution in [2.45, 2.75) is 13.0 Å². The van der Waals surface area contributed by atoms with Crippen LogP contribution in [-0.4, -0.2) is 29.9 Å². The maximum atomic E-state index is 10.8. The normalized spacial score (nSPS) is 12.0. The molecule has 1 atom stereocenters. The summed E-state index contributed by atoms with van der Waals surface area (Å²) in [6.45, 7) is 2.13. The minimum absolute atomic E-state index is 0.187. The lowest BCUT2D eigenvalue weighted by Crippen LogP contribution is -2.12. The molecule has 1 rings (SSSR count). The summed E-state index contributed by atoms with van der Waals surface area (Å²) in [5.74, 6) is -0.528. The molecule has 1 unspecified atom stereocenters. The number of ether oxygens (including phenoxy) is 2. The van der Waals surface area contributed by atoms with Gasteiger partial charge in [0.25, 0.3) is 0 Å². The Kier molecular flexibility index (Phi) is 4.77.